The van der Waals surface area contributed by atoms with E-state index < -0.39 is 6.09 Å². The van der Waals surface area contributed by atoms with Gasteiger partial charge in [-0.05, 0) is 48.0 Å². The summed E-state index contributed by atoms with van der Waals surface area (Å²) >= 11 is 0. The fourth-order valence-corrected chi connectivity index (χ4v) is 3.77. The Labute approximate surface area is 201 Å². The van der Waals surface area contributed by atoms with Crippen molar-refractivity contribution >= 4 is 34.4 Å². The zero-order valence-corrected chi connectivity index (χ0v) is 19.0. The van der Waals surface area contributed by atoms with Crippen molar-refractivity contribution in [2.45, 2.75) is 6.61 Å². The van der Waals surface area contributed by atoms with Crippen LogP contribution < -0.4 is 10.6 Å². The molecule has 2 heterocycles. The normalized spacial score (nSPS) is 10.8. The Morgan fingerprint density at radius 1 is 0.857 bits per heavy atom. The topological polar surface area (TPSA) is 90.2 Å². The number of fused-ring (bicyclic) bond motifs is 1. The first kappa shape index (κ1) is 22.0. The van der Waals surface area contributed by atoms with Gasteiger partial charge < -0.3 is 19.9 Å². The SMILES string of the molecule is Cn1ccc2cc(NC(=O)Nc3cccc(-c4ccn(C(=O)OCc5ccccc5)n4)c3)ccc21. The molecule has 3 aromatic carbocycles. The fraction of sp³-hybridized carbons (Fsp3) is 0.0741. The van der Waals surface area contributed by atoms with Gasteiger partial charge in [-0.2, -0.15) is 9.78 Å². The van der Waals surface area contributed by atoms with Crippen LogP contribution in [0, 0.1) is 0 Å². The number of anilines is 2. The van der Waals surface area contributed by atoms with Crippen LogP contribution in [0.25, 0.3) is 22.2 Å². The largest absolute Gasteiger partial charge is 0.443 e. The second kappa shape index (κ2) is 9.56. The van der Waals surface area contributed by atoms with E-state index in [0.29, 0.717) is 17.1 Å². The summed E-state index contributed by atoms with van der Waals surface area (Å²) in [6, 6.07) is 25.8. The molecule has 0 bridgehead atoms. The standard InChI is InChI=1S/C27H23N5O3/c1-31-14-12-21-17-23(10-11-25(21)31)29-26(33)28-22-9-5-8-20(16-22)24-13-15-32(30-24)27(34)35-18-19-6-3-2-4-7-19/h2-17H,18H2,1H3,(H2,28,29,33). The van der Waals surface area contributed by atoms with Crippen LogP contribution in [0.15, 0.2) is 97.3 Å². The second-order valence-electron chi connectivity index (χ2n) is 8.05. The molecule has 2 amide bonds. The van der Waals surface area contributed by atoms with Crippen LogP contribution in [0.4, 0.5) is 21.0 Å². The molecular formula is C27H23N5O3. The van der Waals surface area contributed by atoms with Gasteiger partial charge in [0.15, 0.2) is 0 Å². The highest BCUT2D eigenvalue weighted by atomic mass is 16.6. The highest BCUT2D eigenvalue weighted by Crippen LogP contribution is 2.23. The predicted octanol–water partition coefficient (Wildman–Crippen LogP) is 5.87. The summed E-state index contributed by atoms with van der Waals surface area (Å²) in [7, 11) is 1.98. The van der Waals surface area contributed by atoms with Gasteiger partial charge in [-0.3, -0.25) is 0 Å². The lowest BCUT2D eigenvalue weighted by Crippen LogP contribution is -2.19. The summed E-state index contributed by atoms with van der Waals surface area (Å²) in [5.74, 6) is 0. The van der Waals surface area contributed by atoms with Gasteiger partial charge in [-0.15, -0.1) is 0 Å². The Bertz CT molecular complexity index is 1500. The van der Waals surface area contributed by atoms with Crippen LogP contribution in [-0.2, 0) is 18.4 Å². The fourth-order valence-electron chi connectivity index (χ4n) is 3.77. The first-order valence-corrected chi connectivity index (χ1v) is 11.1. The molecule has 0 atom stereocenters. The molecule has 0 radical (unpaired) electrons. The van der Waals surface area contributed by atoms with Crippen molar-refractivity contribution in [1.29, 1.82) is 0 Å². The first-order valence-electron chi connectivity index (χ1n) is 11.1. The predicted molar refractivity (Wildman–Crippen MR) is 135 cm³/mol. The molecule has 0 unspecified atom stereocenters. The molecule has 35 heavy (non-hydrogen) atoms. The maximum Gasteiger partial charge on any atom is 0.435 e. The van der Waals surface area contributed by atoms with E-state index in [4.69, 9.17) is 4.74 Å². The molecule has 0 aliphatic rings. The Hall–Kier alpha value is -4.85. The number of aromatic nitrogens is 3. The molecule has 0 aliphatic carbocycles. The molecule has 0 aliphatic heterocycles. The molecule has 2 aromatic heterocycles. The third-order valence-corrected chi connectivity index (χ3v) is 5.54. The van der Waals surface area contributed by atoms with Gasteiger partial charge in [0.05, 0.1) is 5.69 Å². The van der Waals surface area contributed by atoms with E-state index in [0.717, 1.165) is 26.7 Å². The molecular weight excluding hydrogens is 442 g/mol. The number of carbonyl (C=O) groups is 2. The number of aryl methyl sites for hydroxylation is 1. The van der Waals surface area contributed by atoms with Gasteiger partial charge in [0, 0.05) is 47.3 Å². The lowest BCUT2D eigenvalue weighted by atomic mass is 10.1. The van der Waals surface area contributed by atoms with Gasteiger partial charge >= 0.3 is 12.1 Å². The van der Waals surface area contributed by atoms with E-state index in [-0.39, 0.29) is 12.6 Å². The van der Waals surface area contributed by atoms with E-state index in [2.05, 4.69) is 15.7 Å². The van der Waals surface area contributed by atoms with Gasteiger partial charge in [0.1, 0.15) is 6.61 Å². The van der Waals surface area contributed by atoms with Gasteiger partial charge in [-0.1, -0.05) is 42.5 Å². The van der Waals surface area contributed by atoms with E-state index in [1.165, 1.54) is 0 Å². The van der Waals surface area contributed by atoms with Crippen molar-refractivity contribution in [2.24, 2.45) is 7.05 Å². The van der Waals surface area contributed by atoms with Crippen molar-refractivity contribution in [2.75, 3.05) is 10.6 Å². The van der Waals surface area contributed by atoms with Crippen LogP contribution in [0.2, 0.25) is 0 Å². The van der Waals surface area contributed by atoms with E-state index >= 15 is 0 Å². The van der Waals surface area contributed by atoms with E-state index in [1.807, 2.05) is 84.5 Å². The minimum Gasteiger partial charge on any atom is -0.443 e. The number of nitrogens with zero attached hydrogens (tertiary/aromatic N) is 3. The Morgan fingerprint density at radius 2 is 1.66 bits per heavy atom. The first-order chi connectivity index (χ1) is 17.0. The summed E-state index contributed by atoms with van der Waals surface area (Å²) in [4.78, 5) is 24.9. The van der Waals surface area contributed by atoms with Crippen molar-refractivity contribution in [3.05, 3.63) is 103 Å². The summed E-state index contributed by atoms with van der Waals surface area (Å²) in [6.45, 7) is 0.167. The lowest BCUT2D eigenvalue weighted by molar-refractivity contribution is 0.138. The number of benzene rings is 3. The van der Waals surface area contributed by atoms with Crippen molar-refractivity contribution < 1.29 is 14.3 Å². The summed E-state index contributed by atoms with van der Waals surface area (Å²) in [5.41, 5.74) is 4.62. The molecule has 174 valence electrons. The van der Waals surface area contributed by atoms with Gasteiger partial charge in [0.2, 0.25) is 0 Å². The Morgan fingerprint density at radius 3 is 2.49 bits per heavy atom. The third-order valence-electron chi connectivity index (χ3n) is 5.54. The summed E-state index contributed by atoms with van der Waals surface area (Å²) < 4.78 is 8.50. The monoisotopic (exact) mass is 465 g/mol. The number of rotatable bonds is 5. The number of hydrogen-bond donors (Lipinski definition) is 2. The lowest BCUT2D eigenvalue weighted by Gasteiger charge is -2.09. The molecule has 0 fully saturated rings. The Kier molecular flexibility index (Phi) is 6.00. The minimum absolute atomic E-state index is 0.167. The number of amides is 2. The van der Waals surface area contributed by atoms with Gasteiger partial charge in [-0.25, -0.2) is 9.59 Å². The van der Waals surface area contributed by atoms with Crippen LogP contribution in [0.3, 0.4) is 0 Å². The molecule has 0 spiro atoms. The number of carbonyl (C=O) groups excluding carboxylic acids is 2. The number of ether oxygens (including phenoxy) is 1. The summed E-state index contributed by atoms with van der Waals surface area (Å²) in [6.07, 6.45) is 2.96. The number of hydrogen-bond acceptors (Lipinski definition) is 4. The highest BCUT2D eigenvalue weighted by molar-refractivity contribution is 6.01. The van der Waals surface area contributed by atoms with Crippen molar-refractivity contribution in [1.82, 2.24) is 14.3 Å². The highest BCUT2D eigenvalue weighted by Gasteiger charge is 2.11. The molecule has 0 saturated heterocycles. The number of urea groups is 1. The summed E-state index contributed by atoms with van der Waals surface area (Å²) in [5, 5.41) is 11.1. The molecule has 2 N–H and O–H groups in total. The molecule has 8 heteroatoms. The molecule has 5 aromatic rings. The smallest absolute Gasteiger partial charge is 0.435 e. The third kappa shape index (κ3) is 5.06. The van der Waals surface area contributed by atoms with Crippen LogP contribution in [0.5, 0.6) is 0 Å². The van der Waals surface area contributed by atoms with E-state index in [1.54, 1.807) is 24.4 Å². The van der Waals surface area contributed by atoms with E-state index in [9.17, 15) is 9.59 Å². The average Bonchev–Trinajstić information content (AvgIpc) is 3.51. The quantitative estimate of drug-likeness (QED) is 0.340. The number of nitrogens with one attached hydrogen (secondary N) is 2. The van der Waals surface area contributed by atoms with Crippen LogP contribution in [0.1, 0.15) is 5.56 Å². The minimum atomic E-state index is -0.566. The zero-order chi connectivity index (χ0) is 24.2. The zero-order valence-electron chi connectivity index (χ0n) is 19.0. The second-order valence-corrected chi connectivity index (χ2v) is 8.05. The maximum atomic E-state index is 12.5. The molecule has 5 rings (SSSR count). The molecule has 8 nitrogen and oxygen atoms in total. The maximum absolute atomic E-state index is 12.5. The van der Waals surface area contributed by atoms with Crippen LogP contribution in [-0.4, -0.2) is 26.5 Å². The van der Waals surface area contributed by atoms with Crippen molar-refractivity contribution in [3.8, 4) is 11.3 Å². The van der Waals surface area contributed by atoms with Crippen LogP contribution >= 0.6 is 0 Å². The molecule has 0 saturated carbocycles. The Balaban J connectivity index is 1.22. The van der Waals surface area contributed by atoms with Gasteiger partial charge in [0.25, 0.3) is 0 Å². The average molecular weight is 466 g/mol. The van der Waals surface area contributed by atoms with Crippen molar-refractivity contribution in [3.63, 3.8) is 0 Å².